The second-order valence-electron chi connectivity index (χ2n) is 3.26. The molecule has 0 aliphatic rings. The van der Waals surface area contributed by atoms with Gasteiger partial charge in [-0.3, -0.25) is 10.1 Å². The predicted molar refractivity (Wildman–Crippen MR) is 58.2 cm³/mol. The van der Waals surface area contributed by atoms with Crippen LogP contribution in [0.5, 0.6) is 0 Å². The van der Waals surface area contributed by atoms with E-state index in [1.54, 1.807) is 6.92 Å². The van der Waals surface area contributed by atoms with Crippen molar-refractivity contribution in [2.45, 2.75) is 12.8 Å². The zero-order valence-corrected chi connectivity index (χ0v) is 9.23. The number of carbonyl (C=O) groups excluding carboxylic acids is 1. The molecule has 1 atom stereocenters. The van der Waals surface area contributed by atoms with Gasteiger partial charge in [0.15, 0.2) is 0 Å². The summed E-state index contributed by atoms with van der Waals surface area (Å²) in [5.41, 5.74) is 0.402. The smallest absolute Gasteiger partial charge is 0.417 e. The molecule has 0 amide bonds. The minimum absolute atomic E-state index is 0.0324. The fourth-order valence-corrected chi connectivity index (χ4v) is 1.52. The second-order valence-corrected chi connectivity index (χ2v) is 3.69. The highest BCUT2D eigenvalue weighted by molar-refractivity contribution is 6.30. The molecule has 0 saturated heterocycles. The van der Waals surface area contributed by atoms with E-state index in [1.165, 1.54) is 24.7 Å². The number of hydrogen-bond donors (Lipinski definition) is 0. The fraction of sp³-hybridized carbons (Fsp3) is 0.300. The Labute approximate surface area is 97.1 Å². The molecule has 1 aromatic rings. The average molecular weight is 243 g/mol. The van der Waals surface area contributed by atoms with Gasteiger partial charge in [0.25, 0.3) is 5.69 Å². The molecule has 0 aromatic heterocycles. The number of halogens is 1. The molecule has 0 saturated carbocycles. The Hall–Kier alpha value is -1.62. The maximum atomic E-state index is 10.8. The van der Waals surface area contributed by atoms with Gasteiger partial charge >= 0.3 is 6.47 Å². The highest BCUT2D eigenvalue weighted by atomic mass is 35.5. The number of nitrogens with zero attached hydrogens (tertiary/aromatic N) is 1. The first kappa shape index (κ1) is 12.4. The normalized spacial score (nSPS) is 11.9. The van der Waals surface area contributed by atoms with Crippen LogP contribution in [0.4, 0.5) is 5.69 Å². The van der Waals surface area contributed by atoms with Crippen molar-refractivity contribution >= 4 is 23.8 Å². The molecule has 1 unspecified atom stereocenters. The highest BCUT2D eigenvalue weighted by Gasteiger charge is 2.19. The lowest BCUT2D eigenvalue weighted by atomic mass is 10.0. The van der Waals surface area contributed by atoms with E-state index in [2.05, 4.69) is 4.74 Å². The molecule has 5 nitrogen and oxygen atoms in total. The number of nitro groups is 1. The summed E-state index contributed by atoms with van der Waals surface area (Å²) in [6, 6.07) is 4.28. The van der Waals surface area contributed by atoms with Gasteiger partial charge in [-0.15, -0.1) is 0 Å². The number of ether oxygens (including phenoxy) is 1. The lowest BCUT2D eigenvalue weighted by molar-refractivity contribution is -0.385. The average Bonchev–Trinajstić information content (AvgIpc) is 2.25. The molecule has 0 aliphatic carbocycles. The Morgan fingerprint density at radius 3 is 2.88 bits per heavy atom. The van der Waals surface area contributed by atoms with Gasteiger partial charge in [0.1, 0.15) is 0 Å². The van der Waals surface area contributed by atoms with E-state index in [9.17, 15) is 14.9 Å². The molecule has 0 fully saturated rings. The van der Waals surface area contributed by atoms with E-state index in [1.807, 2.05) is 0 Å². The molecule has 16 heavy (non-hydrogen) atoms. The zero-order chi connectivity index (χ0) is 12.1. The largest absolute Gasteiger partial charge is 0.457 e. The molecule has 6 heteroatoms. The van der Waals surface area contributed by atoms with Gasteiger partial charge in [-0.1, -0.05) is 18.5 Å². The molecule has 0 bridgehead atoms. The summed E-state index contributed by atoms with van der Waals surface area (Å²) in [4.78, 5) is 20.2. The Bertz CT molecular complexity index is 408. The maximum Gasteiger partial charge on any atom is 0.417 e. The Morgan fingerprint density at radius 1 is 1.62 bits per heavy atom. The first-order valence-corrected chi connectivity index (χ1v) is 4.86. The Balaban J connectivity index is 3.03. The van der Waals surface area contributed by atoms with Gasteiger partial charge in [-0.05, 0) is 12.1 Å². The summed E-state index contributed by atoms with van der Waals surface area (Å²) in [6.45, 7) is 3.02. The monoisotopic (exact) mass is 242 g/mol. The Morgan fingerprint density at radius 2 is 2.31 bits per heavy atom. The molecular formula is C10H9ClNO4. The van der Waals surface area contributed by atoms with Crippen molar-refractivity contribution in [2.75, 3.05) is 6.61 Å². The number of nitro benzene ring substituents is 1. The molecular weight excluding hydrogens is 234 g/mol. The van der Waals surface area contributed by atoms with Crippen molar-refractivity contribution in [2.24, 2.45) is 0 Å². The van der Waals surface area contributed by atoms with Crippen LogP contribution < -0.4 is 0 Å². The van der Waals surface area contributed by atoms with Crippen LogP contribution in [-0.2, 0) is 9.53 Å². The summed E-state index contributed by atoms with van der Waals surface area (Å²) >= 11 is 5.76. The van der Waals surface area contributed by atoms with Gasteiger partial charge < -0.3 is 4.74 Å². The predicted octanol–water partition coefficient (Wildman–Crippen LogP) is 2.44. The summed E-state index contributed by atoms with van der Waals surface area (Å²) in [5.74, 6) is -0.305. The molecule has 85 valence electrons. The summed E-state index contributed by atoms with van der Waals surface area (Å²) in [6.07, 6.45) is 0. The first-order chi connectivity index (χ1) is 7.56. The van der Waals surface area contributed by atoms with Gasteiger partial charge in [-0.25, -0.2) is 4.79 Å². The van der Waals surface area contributed by atoms with E-state index >= 15 is 0 Å². The van der Waals surface area contributed by atoms with E-state index in [0.29, 0.717) is 10.6 Å². The molecule has 0 aliphatic heterocycles. The summed E-state index contributed by atoms with van der Waals surface area (Å²) < 4.78 is 4.45. The SMILES string of the molecule is CC(CO[C]=O)c1cc(Cl)ccc1[N+](=O)[O-]. The van der Waals surface area contributed by atoms with Crippen molar-refractivity contribution < 1.29 is 14.5 Å². The lowest BCUT2D eigenvalue weighted by Gasteiger charge is -2.10. The third kappa shape index (κ3) is 2.93. The van der Waals surface area contributed by atoms with E-state index < -0.39 is 4.92 Å². The van der Waals surface area contributed by atoms with Crippen LogP contribution in [0.15, 0.2) is 18.2 Å². The summed E-state index contributed by atoms with van der Waals surface area (Å²) in [5, 5.41) is 11.2. The van der Waals surface area contributed by atoms with Crippen molar-refractivity contribution in [1.29, 1.82) is 0 Å². The lowest BCUT2D eigenvalue weighted by Crippen LogP contribution is -2.06. The van der Waals surface area contributed by atoms with Gasteiger partial charge in [0.2, 0.25) is 0 Å². The van der Waals surface area contributed by atoms with Crippen molar-refractivity contribution in [3.8, 4) is 0 Å². The first-order valence-electron chi connectivity index (χ1n) is 4.49. The van der Waals surface area contributed by atoms with Crippen LogP contribution >= 0.6 is 11.6 Å². The number of rotatable bonds is 5. The summed E-state index contributed by atoms with van der Waals surface area (Å²) in [7, 11) is 0. The second kappa shape index (κ2) is 5.46. The van der Waals surface area contributed by atoms with Gasteiger partial charge in [0.05, 0.1) is 11.5 Å². The quantitative estimate of drug-likeness (QED) is 0.587. The van der Waals surface area contributed by atoms with Crippen molar-refractivity contribution in [1.82, 2.24) is 0 Å². The molecule has 1 aromatic carbocycles. The van der Waals surface area contributed by atoms with Crippen LogP contribution in [0.1, 0.15) is 18.4 Å². The fourth-order valence-electron chi connectivity index (χ4n) is 1.34. The molecule has 0 N–H and O–H groups in total. The maximum absolute atomic E-state index is 10.8. The van der Waals surface area contributed by atoms with Gasteiger partial charge in [0, 0.05) is 22.6 Å². The van der Waals surface area contributed by atoms with E-state index in [4.69, 9.17) is 11.6 Å². The molecule has 1 rings (SSSR count). The third-order valence-electron chi connectivity index (χ3n) is 2.11. The number of hydrogen-bond acceptors (Lipinski definition) is 4. The van der Waals surface area contributed by atoms with Crippen molar-refractivity contribution in [3.05, 3.63) is 38.9 Å². The van der Waals surface area contributed by atoms with Gasteiger partial charge in [-0.2, -0.15) is 0 Å². The number of benzene rings is 1. The van der Waals surface area contributed by atoms with Crippen LogP contribution in [-0.4, -0.2) is 18.0 Å². The minimum Gasteiger partial charge on any atom is -0.457 e. The highest BCUT2D eigenvalue weighted by Crippen LogP contribution is 2.29. The molecule has 0 heterocycles. The van der Waals surface area contributed by atoms with Crippen LogP contribution in [0.3, 0.4) is 0 Å². The standard InChI is InChI=1S/C10H9ClNO4/c1-7(5-16-6-13)9-4-8(11)2-3-10(9)12(14)15/h2-4,7H,5H2,1H3. The van der Waals surface area contributed by atoms with Crippen LogP contribution in [0.2, 0.25) is 5.02 Å². The van der Waals surface area contributed by atoms with Crippen LogP contribution in [0.25, 0.3) is 0 Å². The third-order valence-corrected chi connectivity index (χ3v) is 2.34. The van der Waals surface area contributed by atoms with E-state index in [-0.39, 0.29) is 18.2 Å². The minimum atomic E-state index is -0.493. The zero-order valence-electron chi connectivity index (χ0n) is 8.47. The van der Waals surface area contributed by atoms with E-state index in [0.717, 1.165) is 0 Å². The Kier molecular flexibility index (Phi) is 4.25. The topological polar surface area (TPSA) is 69.4 Å². The van der Waals surface area contributed by atoms with Crippen molar-refractivity contribution in [3.63, 3.8) is 0 Å². The molecule has 0 spiro atoms. The van der Waals surface area contributed by atoms with Crippen LogP contribution in [0, 0.1) is 10.1 Å². The molecule has 1 radical (unpaired) electrons.